The minimum Gasteiger partial charge on any atom is -0.388 e. The molecule has 0 saturated heterocycles. The molecular formula is C21H23NO4. The second-order valence-electron chi connectivity index (χ2n) is 6.24. The van der Waals surface area contributed by atoms with Crippen LogP contribution in [0.1, 0.15) is 30.6 Å². The maximum atomic E-state index is 12.8. The summed E-state index contributed by atoms with van der Waals surface area (Å²) in [4.78, 5) is 38.5. The van der Waals surface area contributed by atoms with E-state index in [2.05, 4.69) is 0 Å². The highest BCUT2D eigenvalue weighted by molar-refractivity contribution is 6.14. The van der Waals surface area contributed by atoms with Crippen LogP contribution in [0, 0.1) is 0 Å². The lowest BCUT2D eigenvalue weighted by Gasteiger charge is -2.35. The van der Waals surface area contributed by atoms with E-state index in [9.17, 15) is 19.5 Å². The molecule has 0 bridgehead atoms. The van der Waals surface area contributed by atoms with E-state index < -0.39 is 29.6 Å². The summed E-state index contributed by atoms with van der Waals surface area (Å²) < 4.78 is 0. The number of likely N-dealkylation sites (N-methyl/N-ethyl adjacent to an activating group) is 1. The van der Waals surface area contributed by atoms with E-state index in [0.717, 1.165) is 16.0 Å². The molecule has 5 heteroatoms. The van der Waals surface area contributed by atoms with Gasteiger partial charge in [-0.05, 0) is 30.2 Å². The number of benzene rings is 2. The van der Waals surface area contributed by atoms with Crippen LogP contribution in [0.25, 0.3) is 11.1 Å². The van der Waals surface area contributed by atoms with Gasteiger partial charge in [0.25, 0.3) is 5.91 Å². The minimum atomic E-state index is -1.68. The van der Waals surface area contributed by atoms with Gasteiger partial charge in [0.2, 0.25) is 0 Å². The molecule has 2 rings (SSSR count). The zero-order chi connectivity index (χ0) is 19.3. The van der Waals surface area contributed by atoms with Gasteiger partial charge in [-0.25, -0.2) is 0 Å². The standard InChI is InChI=1S/C21H23NO4/c1-4-18(24)21(2,19(25)14-23)22(3)20(26)17-12-10-16(11-13-17)15-8-6-5-7-9-15/h5-13,23H,4,14H2,1-3H3/t21-/m0/s1. The molecule has 0 aromatic heterocycles. The molecule has 1 amide bonds. The normalized spacial score (nSPS) is 12.9. The van der Waals surface area contributed by atoms with Crippen LogP contribution in [0.4, 0.5) is 0 Å². The zero-order valence-electron chi connectivity index (χ0n) is 15.2. The average molecular weight is 353 g/mol. The third-order valence-corrected chi connectivity index (χ3v) is 4.77. The number of carbonyl (C=O) groups excluding carboxylic acids is 3. The monoisotopic (exact) mass is 353 g/mol. The zero-order valence-corrected chi connectivity index (χ0v) is 15.2. The maximum Gasteiger partial charge on any atom is 0.254 e. The highest BCUT2D eigenvalue weighted by Crippen LogP contribution is 2.23. The summed E-state index contributed by atoms with van der Waals surface area (Å²) in [5, 5.41) is 9.24. The van der Waals surface area contributed by atoms with Crippen molar-refractivity contribution in [1.82, 2.24) is 4.90 Å². The van der Waals surface area contributed by atoms with Crippen molar-refractivity contribution in [2.24, 2.45) is 0 Å². The number of aliphatic hydroxyl groups excluding tert-OH is 1. The van der Waals surface area contributed by atoms with Gasteiger partial charge in [-0.2, -0.15) is 0 Å². The van der Waals surface area contributed by atoms with Crippen molar-refractivity contribution < 1.29 is 19.5 Å². The maximum absolute atomic E-state index is 12.8. The Morgan fingerprint density at radius 2 is 1.46 bits per heavy atom. The first-order chi connectivity index (χ1) is 12.4. The Hall–Kier alpha value is -2.79. The van der Waals surface area contributed by atoms with Crippen LogP contribution in [0.3, 0.4) is 0 Å². The first-order valence-electron chi connectivity index (χ1n) is 8.47. The topological polar surface area (TPSA) is 74.7 Å². The Morgan fingerprint density at radius 3 is 1.96 bits per heavy atom. The lowest BCUT2D eigenvalue weighted by molar-refractivity contribution is -0.141. The summed E-state index contributed by atoms with van der Waals surface area (Å²) in [7, 11) is 1.41. The summed E-state index contributed by atoms with van der Waals surface area (Å²) in [6.07, 6.45) is 0.0901. The van der Waals surface area contributed by atoms with Crippen molar-refractivity contribution in [1.29, 1.82) is 0 Å². The quantitative estimate of drug-likeness (QED) is 0.777. The molecule has 2 aromatic rings. The molecule has 0 saturated carbocycles. The van der Waals surface area contributed by atoms with Crippen LogP contribution in [-0.4, -0.2) is 46.7 Å². The summed E-state index contributed by atoms with van der Waals surface area (Å²) >= 11 is 0. The molecule has 5 nitrogen and oxygen atoms in total. The van der Waals surface area contributed by atoms with Gasteiger partial charge < -0.3 is 10.0 Å². The van der Waals surface area contributed by atoms with E-state index >= 15 is 0 Å². The molecular weight excluding hydrogens is 330 g/mol. The number of nitrogens with zero attached hydrogens (tertiary/aromatic N) is 1. The van der Waals surface area contributed by atoms with Gasteiger partial charge in [0, 0.05) is 19.0 Å². The van der Waals surface area contributed by atoms with Crippen molar-refractivity contribution in [3.63, 3.8) is 0 Å². The molecule has 0 fully saturated rings. The number of Topliss-reactive ketones (excluding diaryl/α,β-unsaturated/α-hetero) is 2. The van der Waals surface area contributed by atoms with Crippen LogP contribution in [0.15, 0.2) is 54.6 Å². The smallest absolute Gasteiger partial charge is 0.254 e. The minimum absolute atomic E-state index is 0.0901. The van der Waals surface area contributed by atoms with E-state index in [1.807, 2.05) is 42.5 Å². The number of amides is 1. The largest absolute Gasteiger partial charge is 0.388 e. The van der Waals surface area contributed by atoms with E-state index in [-0.39, 0.29) is 6.42 Å². The highest BCUT2D eigenvalue weighted by atomic mass is 16.3. The summed E-state index contributed by atoms with van der Waals surface area (Å²) in [5.74, 6) is -1.55. The first-order valence-corrected chi connectivity index (χ1v) is 8.47. The number of carbonyl (C=O) groups is 3. The molecule has 1 atom stereocenters. The highest BCUT2D eigenvalue weighted by Gasteiger charge is 2.45. The second-order valence-corrected chi connectivity index (χ2v) is 6.24. The molecule has 0 unspecified atom stereocenters. The number of hydrogen-bond donors (Lipinski definition) is 1. The Morgan fingerprint density at radius 1 is 0.923 bits per heavy atom. The predicted octanol–water partition coefficient (Wildman–Crippen LogP) is 2.72. The molecule has 136 valence electrons. The van der Waals surface area contributed by atoms with Gasteiger partial charge in [-0.3, -0.25) is 14.4 Å². The Kier molecular flexibility index (Phi) is 6.05. The van der Waals surface area contributed by atoms with Crippen LogP contribution >= 0.6 is 0 Å². The average Bonchev–Trinajstić information content (AvgIpc) is 2.71. The first kappa shape index (κ1) is 19.5. The molecule has 0 heterocycles. The summed E-state index contributed by atoms with van der Waals surface area (Å²) in [6, 6.07) is 16.7. The van der Waals surface area contributed by atoms with E-state index in [1.165, 1.54) is 14.0 Å². The van der Waals surface area contributed by atoms with Crippen molar-refractivity contribution >= 4 is 17.5 Å². The summed E-state index contributed by atoms with van der Waals surface area (Å²) in [5.41, 5.74) is 0.677. The molecule has 26 heavy (non-hydrogen) atoms. The third kappa shape index (κ3) is 3.58. The molecule has 0 aliphatic rings. The lowest BCUT2D eigenvalue weighted by atomic mass is 9.87. The van der Waals surface area contributed by atoms with Crippen LogP contribution in [0.5, 0.6) is 0 Å². The SMILES string of the molecule is CCC(=O)[C@@](C)(C(=O)CO)N(C)C(=O)c1ccc(-c2ccccc2)cc1. The number of aliphatic hydroxyl groups is 1. The van der Waals surface area contributed by atoms with Crippen molar-refractivity contribution in [2.45, 2.75) is 25.8 Å². The third-order valence-electron chi connectivity index (χ3n) is 4.77. The van der Waals surface area contributed by atoms with E-state index in [4.69, 9.17) is 0 Å². The number of rotatable bonds is 7. The van der Waals surface area contributed by atoms with Crippen LogP contribution in [0.2, 0.25) is 0 Å². The molecule has 0 spiro atoms. The molecule has 0 aliphatic carbocycles. The van der Waals surface area contributed by atoms with Crippen LogP contribution in [-0.2, 0) is 9.59 Å². The van der Waals surface area contributed by atoms with Gasteiger partial charge in [-0.1, -0.05) is 49.4 Å². The predicted molar refractivity (Wildman–Crippen MR) is 99.8 cm³/mol. The number of hydrogen-bond acceptors (Lipinski definition) is 4. The lowest BCUT2D eigenvalue weighted by Crippen LogP contribution is -2.59. The second kappa shape index (κ2) is 8.06. The van der Waals surface area contributed by atoms with E-state index in [0.29, 0.717) is 5.56 Å². The Balaban J connectivity index is 2.32. The summed E-state index contributed by atoms with van der Waals surface area (Å²) in [6.45, 7) is 2.21. The van der Waals surface area contributed by atoms with Gasteiger partial charge in [0.05, 0.1) is 0 Å². The fourth-order valence-electron chi connectivity index (χ4n) is 2.86. The number of ketones is 2. The van der Waals surface area contributed by atoms with Crippen LogP contribution < -0.4 is 0 Å². The van der Waals surface area contributed by atoms with Gasteiger partial charge >= 0.3 is 0 Å². The molecule has 2 aromatic carbocycles. The van der Waals surface area contributed by atoms with Crippen molar-refractivity contribution in [2.75, 3.05) is 13.7 Å². The van der Waals surface area contributed by atoms with Crippen molar-refractivity contribution in [3.05, 3.63) is 60.2 Å². The van der Waals surface area contributed by atoms with Crippen molar-refractivity contribution in [3.8, 4) is 11.1 Å². The molecule has 0 aliphatic heterocycles. The van der Waals surface area contributed by atoms with Gasteiger partial charge in [-0.15, -0.1) is 0 Å². The Bertz CT molecular complexity index is 781. The molecule has 0 radical (unpaired) electrons. The van der Waals surface area contributed by atoms with Gasteiger partial charge in [0.15, 0.2) is 17.1 Å². The Labute approximate surface area is 153 Å². The fraction of sp³-hybridized carbons (Fsp3) is 0.286. The fourth-order valence-corrected chi connectivity index (χ4v) is 2.86. The van der Waals surface area contributed by atoms with E-state index in [1.54, 1.807) is 19.1 Å². The molecule has 1 N–H and O–H groups in total. The van der Waals surface area contributed by atoms with Gasteiger partial charge in [0.1, 0.15) is 6.61 Å².